The van der Waals surface area contributed by atoms with E-state index in [0.29, 0.717) is 11.3 Å². The number of aliphatic hydroxyl groups excluding tert-OH is 1. The number of nitriles is 1. The van der Waals surface area contributed by atoms with Crippen molar-refractivity contribution in [3.63, 3.8) is 0 Å². The van der Waals surface area contributed by atoms with Crippen LogP contribution in [0.4, 0.5) is 10.1 Å². The summed E-state index contributed by atoms with van der Waals surface area (Å²) in [5, 5.41) is 21.5. The fraction of sp³-hybridized carbons (Fsp3) is 0.462. The number of hydrogen-bond donors (Lipinski definition) is 2. The van der Waals surface area contributed by atoms with E-state index in [1.807, 2.05) is 6.07 Å². The number of halogens is 1. The molecular formula is C13H15FN2O. The summed E-state index contributed by atoms with van der Waals surface area (Å²) in [7, 11) is 0. The average molecular weight is 234 g/mol. The first kappa shape index (κ1) is 11.9. The number of anilines is 1. The number of aliphatic hydroxyl groups is 1. The molecule has 17 heavy (non-hydrogen) atoms. The summed E-state index contributed by atoms with van der Waals surface area (Å²) in [6.45, 7) is 0. The number of rotatable bonds is 2. The lowest BCUT2D eigenvalue weighted by Crippen LogP contribution is -2.28. The van der Waals surface area contributed by atoms with Crippen LogP contribution in [0.2, 0.25) is 0 Å². The largest absolute Gasteiger partial charge is 0.393 e. The normalized spacial score (nSPS) is 24.1. The van der Waals surface area contributed by atoms with Gasteiger partial charge in [0, 0.05) is 6.04 Å². The number of benzene rings is 1. The molecule has 0 aromatic heterocycles. The minimum absolute atomic E-state index is 0.212. The van der Waals surface area contributed by atoms with Crippen LogP contribution in [-0.4, -0.2) is 17.3 Å². The highest BCUT2D eigenvalue weighted by Gasteiger charge is 2.19. The Morgan fingerprint density at radius 3 is 2.65 bits per heavy atom. The summed E-state index contributed by atoms with van der Waals surface area (Å²) in [6.07, 6.45) is 3.01. The fourth-order valence-electron chi connectivity index (χ4n) is 2.17. The van der Waals surface area contributed by atoms with Crippen molar-refractivity contribution >= 4 is 5.69 Å². The van der Waals surface area contributed by atoms with Crippen LogP contribution in [0.15, 0.2) is 18.2 Å². The summed E-state index contributed by atoms with van der Waals surface area (Å²) in [4.78, 5) is 0. The average Bonchev–Trinajstić information content (AvgIpc) is 2.32. The maximum absolute atomic E-state index is 13.1. The molecule has 4 heteroatoms. The third-order valence-electron chi connectivity index (χ3n) is 3.16. The van der Waals surface area contributed by atoms with Crippen molar-refractivity contribution in [3.8, 4) is 6.07 Å². The zero-order valence-electron chi connectivity index (χ0n) is 9.49. The third-order valence-corrected chi connectivity index (χ3v) is 3.16. The van der Waals surface area contributed by atoms with Gasteiger partial charge in [-0.1, -0.05) is 0 Å². The molecule has 1 aliphatic rings. The van der Waals surface area contributed by atoms with Gasteiger partial charge in [-0.25, -0.2) is 4.39 Å². The molecule has 1 fully saturated rings. The van der Waals surface area contributed by atoms with Crippen LogP contribution in [0.5, 0.6) is 0 Å². The van der Waals surface area contributed by atoms with Crippen LogP contribution in [-0.2, 0) is 0 Å². The lowest BCUT2D eigenvalue weighted by Gasteiger charge is -2.27. The maximum atomic E-state index is 13.1. The van der Waals surface area contributed by atoms with Crippen molar-refractivity contribution in [2.75, 3.05) is 5.32 Å². The molecule has 0 atom stereocenters. The van der Waals surface area contributed by atoms with E-state index in [0.717, 1.165) is 25.7 Å². The monoisotopic (exact) mass is 234 g/mol. The van der Waals surface area contributed by atoms with Crippen molar-refractivity contribution in [1.82, 2.24) is 0 Å². The summed E-state index contributed by atoms with van der Waals surface area (Å²) in [6, 6.07) is 6.38. The first-order valence-electron chi connectivity index (χ1n) is 5.83. The topological polar surface area (TPSA) is 56.0 Å². The second kappa shape index (κ2) is 5.15. The van der Waals surface area contributed by atoms with Crippen LogP contribution in [0.1, 0.15) is 31.2 Å². The van der Waals surface area contributed by atoms with Gasteiger partial charge in [-0.3, -0.25) is 0 Å². The Labute approximate surface area is 99.9 Å². The van der Waals surface area contributed by atoms with Crippen molar-refractivity contribution in [2.45, 2.75) is 37.8 Å². The Kier molecular flexibility index (Phi) is 3.60. The molecular weight excluding hydrogens is 219 g/mol. The van der Waals surface area contributed by atoms with Gasteiger partial charge < -0.3 is 10.4 Å². The highest BCUT2D eigenvalue weighted by molar-refractivity contribution is 5.58. The molecule has 0 aliphatic heterocycles. The molecule has 0 heterocycles. The summed E-state index contributed by atoms with van der Waals surface area (Å²) in [5.41, 5.74) is 1.01. The molecule has 1 aromatic carbocycles. The van der Waals surface area contributed by atoms with Gasteiger partial charge in [0.05, 0.1) is 17.4 Å². The van der Waals surface area contributed by atoms with Crippen LogP contribution in [0, 0.1) is 17.1 Å². The lowest BCUT2D eigenvalue weighted by atomic mass is 9.93. The predicted octanol–water partition coefficient (Wildman–Crippen LogP) is 2.41. The Balaban J connectivity index is 2.08. The minimum atomic E-state index is -0.345. The van der Waals surface area contributed by atoms with Gasteiger partial charge in [0.1, 0.15) is 11.9 Å². The number of nitrogens with one attached hydrogen (secondary N) is 1. The van der Waals surface area contributed by atoms with Gasteiger partial charge in [0.25, 0.3) is 0 Å². The van der Waals surface area contributed by atoms with Crippen LogP contribution in [0.25, 0.3) is 0 Å². The first-order chi connectivity index (χ1) is 8.19. The van der Waals surface area contributed by atoms with E-state index in [9.17, 15) is 9.50 Å². The van der Waals surface area contributed by atoms with Crippen molar-refractivity contribution in [2.24, 2.45) is 0 Å². The Bertz CT molecular complexity index is 434. The van der Waals surface area contributed by atoms with Gasteiger partial charge in [-0.15, -0.1) is 0 Å². The van der Waals surface area contributed by atoms with Gasteiger partial charge in [-0.2, -0.15) is 5.26 Å². The molecule has 0 radical (unpaired) electrons. The van der Waals surface area contributed by atoms with E-state index < -0.39 is 0 Å². The van der Waals surface area contributed by atoms with E-state index in [-0.39, 0.29) is 18.0 Å². The lowest BCUT2D eigenvalue weighted by molar-refractivity contribution is 0.126. The summed E-state index contributed by atoms with van der Waals surface area (Å²) < 4.78 is 13.1. The van der Waals surface area contributed by atoms with Crippen LogP contribution < -0.4 is 5.32 Å². The highest BCUT2D eigenvalue weighted by atomic mass is 19.1. The molecule has 3 nitrogen and oxygen atoms in total. The molecule has 2 rings (SSSR count). The van der Waals surface area contributed by atoms with Crippen LogP contribution >= 0.6 is 0 Å². The van der Waals surface area contributed by atoms with Gasteiger partial charge in [0.15, 0.2) is 0 Å². The second-order valence-corrected chi connectivity index (χ2v) is 4.45. The SMILES string of the molecule is N#Cc1ccc(F)cc1N[C@H]1CC[C@H](O)CC1. The summed E-state index contributed by atoms with van der Waals surface area (Å²) in [5.74, 6) is -0.345. The molecule has 0 amide bonds. The quantitative estimate of drug-likeness (QED) is 0.826. The summed E-state index contributed by atoms with van der Waals surface area (Å²) >= 11 is 0. The van der Waals surface area contributed by atoms with Gasteiger partial charge in [0.2, 0.25) is 0 Å². The van der Waals surface area contributed by atoms with E-state index in [1.54, 1.807) is 0 Å². The standard InChI is InChI=1S/C13H15FN2O/c14-10-2-1-9(8-15)13(7-10)16-11-3-5-12(17)6-4-11/h1-2,7,11-12,16-17H,3-6H2/t11-,12-. The van der Waals surface area contributed by atoms with Crippen molar-refractivity contribution in [3.05, 3.63) is 29.6 Å². The molecule has 0 bridgehead atoms. The Morgan fingerprint density at radius 1 is 1.29 bits per heavy atom. The molecule has 1 saturated carbocycles. The number of nitrogens with zero attached hydrogens (tertiary/aromatic N) is 1. The molecule has 0 saturated heterocycles. The van der Waals surface area contributed by atoms with Gasteiger partial charge >= 0.3 is 0 Å². The molecule has 1 aromatic rings. The Morgan fingerprint density at radius 2 is 2.00 bits per heavy atom. The second-order valence-electron chi connectivity index (χ2n) is 4.45. The third kappa shape index (κ3) is 2.95. The zero-order chi connectivity index (χ0) is 12.3. The maximum Gasteiger partial charge on any atom is 0.125 e. The fourth-order valence-corrected chi connectivity index (χ4v) is 2.17. The predicted molar refractivity (Wildman–Crippen MR) is 63.0 cm³/mol. The van der Waals surface area contributed by atoms with E-state index in [1.165, 1.54) is 18.2 Å². The Hall–Kier alpha value is -1.60. The smallest absolute Gasteiger partial charge is 0.125 e. The van der Waals surface area contributed by atoms with E-state index in [4.69, 9.17) is 5.26 Å². The minimum Gasteiger partial charge on any atom is -0.393 e. The molecule has 90 valence electrons. The molecule has 2 N–H and O–H groups in total. The van der Waals surface area contributed by atoms with Crippen molar-refractivity contribution < 1.29 is 9.50 Å². The van der Waals surface area contributed by atoms with Crippen LogP contribution in [0.3, 0.4) is 0 Å². The molecule has 1 aliphatic carbocycles. The van der Waals surface area contributed by atoms with Gasteiger partial charge in [-0.05, 0) is 43.9 Å². The van der Waals surface area contributed by atoms with Crippen molar-refractivity contribution in [1.29, 1.82) is 5.26 Å². The molecule has 0 unspecified atom stereocenters. The van der Waals surface area contributed by atoms with E-state index >= 15 is 0 Å². The first-order valence-corrected chi connectivity index (χ1v) is 5.83. The zero-order valence-corrected chi connectivity index (χ0v) is 9.49. The molecule has 0 spiro atoms. The number of hydrogen-bond acceptors (Lipinski definition) is 3. The highest BCUT2D eigenvalue weighted by Crippen LogP contribution is 2.24. The van der Waals surface area contributed by atoms with E-state index in [2.05, 4.69) is 5.32 Å².